The quantitative estimate of drug-likeness (QED) is 0.315. The first-order chi connectivity index (χ1) is 15.6. The maximum Gasteiger partial charge on any atom is 0.317 e. The average molecular weight is 447 g/mol. The maximum absolute atomic E-state index is 12.7. The van der Waals surface area contributed by atoms with Crippen molar-refractivity contribution in [2.45, 2.75) is 11.8 Å². The second-order valence-electron chi connectivity index (χ2n) is 7.62. The molecule has 3 aromatic rings. The molecule has 1 aliphatic rings. The Bertz CT molecular complexity index is 1060. The third-order valence-electron chi connectivity index (χ3n) is 5.53. The van der Waals surface area contributed by atoms with Gasteiger partial charge in [-0.25, -0.2) is 10.6 Å². The van der Waals surface area contributed by atoms with Crippen LogP contribution in [-0.2, 0) is 6.54 Å². The molecule has 4 N–H and O–H groups in total. The van der Waals surface area contributed by atoms with Crippen molar-refractivity contribution >= 4 is 23.7 Å². The van der Waals surface area contributed by atoms with Crippen LogP contribution in [0.25, 0.3) is 11.1 Å². The van der Waals surface area contributed by atoms with Crippen LogP contribution >= 0.6 is 11.8 Å². The molecule has 32 heavy (non-hydrogen) atoms. The summed E-state index contributed by atoms with van der Waals surface area (Å²) in [7, 11) is 0. The molecule has 0 bridgehead atoms. The Kier molecular flexibility index (Phi) is 7.09. The highest BCUT2D eigenvalue weighted by Crippen LogP contribution is 2.34. The van der Waals surface area contributed by atoms with Crippen molar-refractivity contribution in [1.29, 1.82) is 0 Å². The van der Waals surface area contributed by atoms with Gasteiger partial charge in [0.25, 0.3) is 5.91 Å². The number of nitrogen functional groups attached to an aromatic ring is 1. The number of hydrazine groups is 1. The molecule has 0 saturated carbocycles. The highest BCUT2D eigenvalue weighted by molar-refractivity contribution is 7.99. The fourth-order valence-electron chi connectivity index (χ4n) is 3.70. The Hall–Kier alpha value is -3.29. The predicted octanol–water partition coefficient (Wildman–Crippen LogP) is 3.96. The molecule has 4 rings (SSSR count). The molecule has 1 saturated heterocycles. The molecule has 3 amide bonds. The first-order valence-electron chi connectivity index (χ1n) is 10.5. The molecule has 0 radical (unpaired) electrons. The number of hydrogen-bond donors (Lipinski definition) is 3. The van der Waals surface area contributed by atoms with Crippen LogP contribution in [0.1, 0.15) is 26.7 Å². The van der Waals surface area contributed by atoms with Gasteiger partial charge in [0, 0.05) is 36.2 Å². The summed E-state index contributed by atoms with van der Waals surface area (Å²) in [6, 6.07) is 25.9. The van der Waals surface area contributed by atoms with Crippen molar-refractivity contribution in [2.75, 3.05) is 18.8 Å². The van der Waals surface area contributed by atoms with Crippen LogP contribution in [-0.4, -0.2) is 35.7 Å². The van der Waals surface area contributed by atoms with Gasteiger partial charge in [0.05, 0.1) is 0 Å². The van der Waals surface area contributed by atoms with Crippen LogP contribution in [0.4, 0.5) is 4.79 Å². The molecular weight excluding hydrogens is 420 g/mol. The Balaban J connectivity index is 1.33. The number of nitrogens with two attached hydrogens (primary N) is 1. The molecule has 3 aromatic carbocycles. The number of amides is 3. The number of carbonyl (C=O) groups excluding carboxylic acids is 2. The van der Waals surface area contributed by atoms with E-state index in [-0.39, 0.29) is 17.2 Å². The van der Waals surface area contributed by atoms with E-state index in [9.17, 15) is 9.59 Å². The highest BCUT2D eigenvalue weighted by Gasteiger charge is 2.25. The third-order valence-corrected chi connectivity index (χ3v) is 6.78. The van der Waals surface area contributed by atoms with Gasteiger partial charge in [0.1, 0.15) is 0 Å². The molecule has 1 atom stereocenters. The van der Waals surface area contributed by atoms with E-state index in [1.54, 1.807) is 12.1 Å². The lowest BCUT2D eigenvalue weighted by molar-refractivity contribution is 0.0953. The first kappa shape index (κ1) is 21.9. The summed E-state index contributed by atoms with van der Waals surface area (Å²) in [5, 5.41) is 3.24. The summed E-state index contributed by atoms with van der Waals surface area (Å²) in [6.07, 6.45) is 0. The minimum Gasteiger partial charge on any atom is -0.334 e. The van der Waals surface area contributed by atoms with Crippen LogP contribution in [0.5, 0.6) is 0 Å². The fraction of sp³-hybridized carbons (Fsp3) is 0.200. The van der Waals surface area contributed by atoms with Crippen molar-refractivity contribution in [1.82, 2.24) is 15.6 Å². The topological polar surface area (TPSA) is 87.5 Å². The normalized spacial score (nSPS) is 15.8. The molecule has 6 nitrogen and oxygen atoms in total. The minimum absolute atomic E-state index is 0.0695. The van der Waals surface area contributed by atoms with Gasteiger partial charge in [-0.3, -0.25) is 10.2 Å². The Morgan fingerprint density at radius 2 is 1.62 bits per heavy atom. The first-order valence-corrected chi connectivity index (χ1v) is 11.6. The lowest BCUT2D eigenvalue weighted by Crippen LogP contribution is -2.44. The van der Waals surface area contributed by atoms with Crippen LogP contribution in [0.15, 0.2) is 78.9 Å². The van der Waals surface area contributed by atoms with Crippen molar-refractivity contribution in [3.63, 3.8) is 0 Å². The van der Waals surface area contributed by atoms with E-state index in [0.29, 0.717) is 18.7 Å². The molecule has 0 spiro atoms. The van der Waals surface area contributed by atoms with Crippen LogP contribution < -0.4 is 16.6 Å². The number of urea groups is 1. The zero-order chi connectivity index (χ0) is 22.3. The van der Waals surface area contributed by atoms with E-state index in [2.05, 4.69) is 47.1 Å². The number of nitrogens with one attached hydrogen (secondary N) is 2. The predicted molar refractivity (Wildman–Crippen MR) is 129 cm³/mol. The van der Waals surface area contributed by atoms with Gasteiger partial charge in [0.2, 0.25) is 0 Å². The number of thioether (sulfide) groups is 1. The Morgan fingerprint density at radius 1 is 0.938 bits per heavy atom. The van der Waals surface area contributed by atoms with Crippen molar-refractivity contribution in [3.8, 4) is 11.1 Å². The Morgan fingerprint density at radius 3 is 2.31 bits per heavy atom. The minimum atomic E-state index is -0.339. The summed E-state index contributed by atoms with van der Waals surface area (Å²) < 4.78 is 0. The standard InChI is InChI=1S/C25H26N4O2S/c26-28-24(30)22-8-6-18(7-9-22)16-27-25(31)29-14-15-32-23(17-29)21-12-10-20(11-13-21)19-4-2-1-3-5-19/h1-13,23H,14-17,26H2,(H,27,31)(H,28,30). The van der Waals surface area contributed by atoms with Crippen LogP contribution in [0.3, 0.4) is 0 Å². The number of hydrogen-bond acceptors (Lipinski definition) is 4. The van der Waals surface area contributed by atoms with Gasteiger partial charge in [-0.1, -0.05) is 66.7 Å². The van der Waals surface area contributed by atoms with Crippen molar-refractivity contribution in [3.05, 3.63) is 95.6 Å². The zero-order valence-electron chi connectivity index (χ0n) is 17.7. The van der Waals surface area contributed by atoms with E-state index in [1.807, 2.05) is 47.0 Å². The van der Waals surface area contributed by atoms with Gasteiger partial charge in [-0.2, -0.15) is 11.8 Å². The summed E-state index contributed by atoms with van der Waals surface area (Å²) in [5.41, 5.74) is 7.14. The molecule has 1 fully saturated rings. The molecule has 164 valence electrons. The molecule has 7 heteroatoms. The van der Waals surface area contributed by atoms with Gasteiger partial charge < -0.3 is 10.2 Å². The Labute approximate surface area is 192 Å². The lowest BCUT2D eigenvalue weighted by Gasteiger charge is -2.32. The second-order valence-corrected chi connectivity index (χ2v) is 8.93. The van der Waals surface area contributed by atoms with Crippen LogP contribution in [0.2, 0.25) is 0 Å². The smallest absolute Gasteiger partial charge is 0.317 e. The van der Waals surface area contributed by atoms with E-state index < -0.39 is 0 Å². The van der Waals surface area contributed by atoms with E-state index in [0.717, 1.165) is 17.9 Å². The van der Waals surface area contributed by atoms with Crippen LogP contribution in [0, 0.1) is 0 Å². The summed E-state index contributed by atoms with van der Waals surface area (Å²) in [4.78, 5) is 26.1. The van der Waals surface area contributed by atoms with E-state index >= 15 is 0 Å². The number of nitrogens with zero attached hydrogens (tertiary/aromatic N) is 1. The second kappa shape index (κ2) is 10.3. The summed E-state index contributed by atoms with van der Waals surface area (Å²) in [5.74, 6) is 5.71. The maximum atomic E-state index is 12.7. The average Bonchev–Trinajstić information content (AvgIpc) is 2.88. The molecule has 1 aliphatic heterocycles. The van der Waals surface area contributed by atoms with Crippen molar-refractivity contribution in [2.24, 2.45) is 5.84 Å². The van der Waals surface area contributed by atoms with Crippen molar-refractivity contribution < 1.29 is 9.59 Å². The van der Waals surface area contributed by atoms with E-state index in [1.165, 1.54) is 16.7 Å². The molecular formula is C25H26N4O2S. The summed E-state index contributed by atoms with van der Waals surface area (Å²) in [6.45, 7) is 1.81. The number of benzene rings is 3. The molecule has 0 aliphatic carbocycles. The summed E-state index contributed by atoms with van der Waals surface area (Å²) >= 11 is 1.89. The SMILES string of the molecule is NNC(=O)c1ccc(CNC(=O)N2CCSC(c3ccc(-c4ccccc4)cc3)C2)cc1. The monoisotopic (exact) mass is 446 g/mol. The largest absolute Gasteiger partial charge is 0.334 e. The van der Waals surface area contributed by atoms with Gasteiger partial charge in [-0.05, 0) is 34.4 Å². The molecule has 1 heterocycles. The molecule has 0 aromatic heterocycles. The third kappa shape index (κ3) is 5.30. The zero-order valence-corrected chi connectivity index (χ0v) is 18.5. The molecule has 1 unspecified atom stereocenters. The van der Waals surface area contributed by atoms with E-state index in [4.69, 9.17) is 5.84 Å². The fourth-order valence-corrected chi connectivity index (χ4v) is 4.95. The van der Waals surface area contributed by atoms with Gasteiger partial charge >= 0.3 is 6.03 Å². The highest BCUT2D eigenvalue weighted by atomic mass is 32.2. The lowest BCUT2D eigenvalue weighted by atomic mass is 10.0. The van der Waals surface area contributed by atoms with Gasteiger partial charge in [0.15, 0.2) is 0 Å². The number of carbonyl (C=O) groups is 2. The number of rotatable bonds is 5. The van der Waals surface area contributed by atoms with Gasteiger partial charge in [-0.15, -0.1) is 0 Å².